The Balaban J connectivity index is 1.42. The summed E-state index contributed by atoms with van der Waals surface area (Å²) in [7, 11) is 0. The Morgan fingerprint density at radius 2 is 1.48 bits per heavy atom. The van der Waals surface area contributed by atoms with Crippen LogP contribution in [0.15, 0.2) is 73.1 Å². The van der Waals surface area contributed by atoms with Crippen molar-refractivity contribution in [1.29, 1.82) is 0 Å². The second-order valence-corrected chi connectivity index (χ2v) is 14.6. The number of thiophene rings is 1. The lowest BCUT2D eigenvalue weighted by molar-refractivity contribution is -0.145. The van der Waals surface area contributed by atoms with Crippen molar-refractivity contribution >= 4 is 29.1 Å². The van der Waals surface area contributed by atoms with Gasteiger partial charge in [0.2, 0.25) is 5.91 Å². The van der Waals surface area contributed by atoms with Crippen molar-refractivity contribution in [2.24, 2.45) is 0 Å². The second kappa shape index (κ2) is 17.9. The minimum absolute atomic E-state index is 0.0832. The summed E-state index contributed by atoms with van der Waals surface area (Å²) >= 11 is 1.34. The first-order valence-corrected chi connectivity index (χ1v) is 17.9. The number of aliphatic carboxylic acids is 1. The predicted molar refractivity (Wildman–Crippen MR) is 196 cm³/mol. The summed E-state index contributed by atoms with van der Waals surface area (Å²) in [5.74, 6) is -1.17. The van der Waals surface area contributed by atoms with Crippen molar-refractivity contribution < 1.29 is 29.3 Å². The Bertz CT molecular complexity index is 1700. The Morgan fingerprint density at radius 1 is 0.840 bits per heavy atom. The van der Waals surface area contributed by atoms with Crippen molar-refractivity contribution in [2.45, 2.75) is 96.7 Å². The molecule has 2 heterocycles. The first-order valence-electron chi connectivity index (χ1n) is 17.1. The van der Waals surface area contributed by atoms with Gasteiger partial charge in [-0.25, -0.2) is 14.8 Å². The largest absolute Gasteiger partial charge is 0.494 e. The standard InChI is InChI=1S/C39H48N4O6S/c1-6-7-8-9-10-21-49-30-17-15-27(16-18-30)29-23-40-35(41-24-29)28-13-11-26(12-14-28)22-31(36(45)43-34(25(2)44)38(47)48)42-37(46)32-19-20-33(50-32)39(3,4)5/h11-20,23-25,31,34,44H,6-10,21-22H2,1-5H3,(H,42,46)(H,43,45)(H,47,48)/t25-,31+,34-/m1/s1. The van der Waals surface area contributed by atoms with E-state index in [2.05, 4.69) is 27.5 Å². The van der Waals surface area contributed by atoms with Crippen LogP contribution in [0.25, 0.3) is 22.5 Å². The van der Waals surface area contributed by atoms with Crippen LogP contribution in [-0.2, 0) is 21.4 Å². The molecule has 0 aliphatic carbocycles. The molecule has 0 bridgehead atoms. The van der Waals surface area contributed by atoms with Crippen molar-refractivity contribution in [3.05, 3.63) is 88.4 Å². The number of carboxylic acid groups (broad SMARTS) is 1. The van der Waals surface area contributed by atoms with Crippen LogP contribution in [0.1, 0.15) is 86.8 Å². The van der Waals surface area contributed by atoms with Crippen LogP contribution in [0.5, 0.6) is 5.75 Å². The van der Waals surface area contributed by atoms with E-state index < -0.39 is 36.0 Å². The molecule has 4 N–H and O–H groups in total. The fraction of sp³-hybridized carbons (Fsp3) is 0.410. The van der Waals surface area contributed by atoms with E-state index in [0.29, 0.717) is 17.3 Å². The van der Waals surface area contributed by atoms with Gasteiger partial charge in [-0.3, -0.25) is 9.59 Å². The zero-order valence-corrected chi connectivity index (χ0v) is 30.3. The van der Waals surface area contributed by atoms with Crippen LogP contribution in [0.2, 0.25) is 0 Å². The molecule has 0 radical (unpaired) electrons. The molecule has 0 unspecified atom stereocenters. The van der Waals surface area contributed by atoms with Crippen LogP contribution in [-0.4, -0.2) is 62.8 Å². The predicted octanol–water partition coefficient (Wildman–Crippen LogP) is 6.81. The molecule has 3 atom stereocenters. The molecule has 0 aliphatic heterocycles. The summed E-state index contributed by atoms with van der Waals surface area (Å²) in [6, 6.07) is 16.2. The van der Waals surface area contributed by atoms with Gasteiger partial charge < -0.3 is 25.6 Å². The second-order valence-electron chi connectivity index (χ2n) is 13.5. The summed E-state index contributed by atoms with van der Waals surface area (Å²) in [6.45, 7) is 10.3. The number of carbonyl (C=O) groups excluding carboxylic acids is 2. The van der Waals surface area contributed by atoms with Crippen molar-refractivity contribution in [3.8, 4) is 28.3 Å². The summed E-state index contributed by atoms with van der Waals surface area (Å²) < 4.78 is 5.88. The SMILES string of the molecule is CCCCCCCOc1ccc(-c2cnc(-c3ccc(C[C@H](NC(=O)c4ccc(C(C)(C)C)s4)C(=O)N[C@@H](C(=O)O)[C@@H](C)O)cc3)nc2)cc1. The van der Waals surface area contributed by atoms with Gasteiger partial charge in [-0.05, 0) is 54.2 Å². The smallest absolute Gasteiger partial charge is 0.328 e. The quantitative estimate of drug-likeness (QED) is 0.0878. The van der Waals surface area contributed by atoms with Gasteiger partial charge in [0.05, 0.1) is 17.6 Å². The normalized spacial score (nSPS) is 13.2. The lowest BCUT2D eigenvalue weighted by atomic mass is 9.95. The number of ether oxygens (including phenoxy) is 1. The van der Waals surface area contributed by atoms with Crippen LogP contribution in [0.3, 0.4) is 0 Å². The average Bonchev–Trinajstić information content (AvgIpc) is 3.61. The number of amides is 2. The van der Waals surface area contributed by atoms with Gasteiger partial charge in [0, 0.05) is 34.8 Å². The first kappa shape index (κ1) is 38.2. The number of benzene rings is 2. The minimum atomic E-state index is -1.53. The number of carboxylic acids is 1. The van der Waals surface area contributed by atoms with E-state index >= 15 is 0 Å². The zero-order chi connectivity index (χ0) is 36.3. The molecule has 2 amide bonds. The molecule has 0 aliphatic rings. The molecule has 0 fully saturated rings. The Morgan fingerprint density at radius 3 is 2.06 bits per heavy atom. The van der Waals surface area contributed by atoms with E-state index in [-0.39, 0.29) is 11.8 Å². The van der Waals surface area contributed by atoms with E-state index in [1.807, 2.05) is 75.4 Å². The molecular formula is C39H48N4O6S. The Kier molecular flexibility index (Phi) is 13.6. The maximum Gasteiger partial charge on any atom is 0.328 e. The molecule has 50 heavy (non-hydrogen) atoms. The number of aliphatic hydroxyl groups excluding tert-OH is 1. The molecule has 2 aromatic carbocycles. The number of nitrogens with one attached hydrogen (secondary N) is 2. The molecule has 4 aromatic rings. The number of unbranched alkanes of at least 4 members (excludes halogenated alkanes) is 4. The highest BCUT2D eigenvalue weighted by atomic mass is 32.1. The zero-order valence-electron chi connectivity index (χ0n) is 29.4. The molecule has 266 valence electrons. The number of hydrogen-bond donors (Lipinski definition) is 4. The van der Waals surface area contributed by atoms with Crippen molar-refractivity contribution in [2.75, 3.05) is 6.61 Å². The van der Waals surface area contributed by atoms with Crippen LogP contribution in [0, 0.1) is 0 Å². The van der Waals surface area contributed by atoms with Crippen molar-refractivity contribution in [3.63, 3.8) is 0 Å². The molecule has 0 spiro atoms. The molecule has 2 aromatic heterocycles. The molecule has 10 nitrogen and oxygen atoms in total. The molecular weight excluding hydrogens is 653 g/mol. The van der Waals surface area contributed by atoms with Crippen LogP contribution >= 0.6 is 11.3 Å². The van der Waals surface area contributed by atoms with E-state index in [9.17, 15) is 24.6 Å². The summed E-state index contributed by atoms with van der Waals surface area (Å²) in [5.41, 5.74) is 3.19. The van der Waals surface area contributed by atoms with Gasteiger partial charge in [-0.1, -0.05) is 89.8 Å². The molecule has 4 rings (SSSR count). The fourth-order valence-corrected chi connectivity index (χ4v) is 6.20. The van der Waals surface area contributed by atoms with Gasteiger partial charge >= 0.3 is 5.97 Å². The maximum atomic E-state index is 13.3. The molecule has 0 saturated carbocycles. The summed E-state index contributed by atoms with van der Waals surface area (Å²) in [6.07, 6.45) is 8.26. The van der Waals surface area contributed by atoms with E-state index in [1.165, 1.54) is 43.9 Å². The fourth-order valence-electron chi connectivity index (χ4n) is 5.24. The first-order chi connectivity index (χ1) is 23.8. The van der Waals surface area contributed by atoms with Gasteiger partial charge in [-0.15, -0.1) is 11.3 Å². The third kappa shape index (κ3) is 10.9. The van der Waals surface area contributed by atoms with E-state index in [1.54, 1.807) is 18.5 Å². The number of aromatic nitrogens is 2. The van der Waals surface area contributed by atoms with E-state index in [0.717, 1.165) is 39.3 Å². The highest BCUT2D eigenvalue weighted by Crippen LogP contribution is 2.29. The highest BCUT2D eigenvalue weighted by Gasteiger charge is 2.30. The number of carbonyl (C=O) groups is 3. The number of aliphatic hydroxyl groups is 1. The number of nitrogens with zero attached hydrogens (tertiary/aromatic N) is 2. The highest BCUT2D eigenvalue weighted by molar-refractivity contribution is 7.14. The van der Waals surface area contributed by atoms with Gasteiger partial charge in [0.25, 0.3) is 5.91 Å². The van der Waals surface area contributed by atoms with Crippen LogP contribution in [0.4, 0.5) is 0 Å². The Labute approximate surface area is 298 Å². The maximum absolute atomic E-state index is 13.3. The summed E-state index contributed by atoms with van der Waals surface area (Å²) in [4.78, 5) is 48.8. The lowest BCUT2D eigenvalue weighted by Crippen LogP contribution is -2.55. The molecule has 0 saturated heterocycles. The average molecular weight is 701 g/mol. The Hall–Kier alpha value is -4.61. The number of rotatable bonds is 17. The lowest BCUT2D eigenvalue weighted by Gasteiger charge is -2.23. The van der Waals surface area contributed by atoms with Gasteiger partial charge in [0.15, 0.2) is 11.9 Å². The summed E-state index contributed by atoms with van der Waals surface area (Å²) in [5, 5.41) is 24.6. The van der Waals surface area contributed by atoms with Gasteiger partial charge in [0.1, 0.15) is 11.8 Å². The molecule has 11 heteroatoms. The third-order valence-electron chi connectivity index (χ3n) is 8.25. The third-order valence-corrected chi connectivity index (χ3v) is 9.75. The minimum Gasteiger partial charge on any atom is -0.494 e. The van der Waals surface area contributed by atoms with E-state index in [4.69, 9.17) is 4.74 Å². The van der Waals surface area contributed by atoms with Crippen molar-refractivity contribution in [1.82, 2.24) is 20.6 Å². The topological polar surface area (TPSA) is 151 Å². The number of hydrogen-bond acceptors (Lipinski definition) is 8. The van der Waals surface area contributed by atoms with Crippen LogP contribution < -0.4 is 15.4 Å². The monoisotopic (exact) mass is 700 g/mol. The van der Waals surface area contributed by atoms with Gasteiger partial charge in [-0.2, -0.15) is 0 Å².